The molecule has 3 fully saturated rings. The number of allylic oxidation sites excluding steroid dienone is 2. The molecule has 1 aliphatic heterocycles. The lowest BCUT2D eigenvalue weighted by Gasteiger charge is -2.30. The molecule has 4 heteroatoms. The van der Waals surface area contributed by atoms with E-state index >= 15 is 0 Å². The first-order chi connectivity index (χ1) is 10.7. The lowest BCUT2D eigenvalue weighted by molar-refractivity contribution is -0.141. The quantitative estimate of drug-likeness (QED) is 0.812. The molecule has 3 aliphatic carbocycles. The standard InChI is InChI=1S/C18H26N2O2/c21-17(19-14-5-1-2-6-14)15-12-7-8-13(11-12)16(15)18(22)20-9-3-4-10-20/h7-8,12-16H,1-6,9-11H2,(H,19,21). The van der Waals surface area contributed by atoms with Crippen LogP contribution < -0.4 is 5.32 Å². The van der Waals surface area contributed by atoms with Crippen LogP contribution in [0.2, 0.25) is 0 Å². The van der Waals surface area contributed by atoms with Gasteiger partial charge in [-0.3, -0.25) is 9.59 Å². The summed E-state index contributed by atoms with van der Waals surface area (Å²) in [4.78, 5) is 27.7. The van der Waals surface area contributed by atoms with Crippen LogP contribution in [-0.4, -0.2) is 35.8 Å². The molecule has 1 N–H and O–H groups in total. The molecule has 4 atom stereocenters. The third-order valence-electron chi connectivity index (χ3n) is 6.17. The molecule has 0 aromatic rings. The van der Waals surface area contributed by atoms with E-state index in [0.717, 1.165) is 45.2 Å². The van der Waals surface area contributed by atoms with Crippen molar-refractivity contribution in [2.45, 2.75) is 51.0 Å². The molecule has 120 valence electrons. The summed E-state index contributed by atoms with van der Waals surface area (Å²) in [6.07, 6.45) is 12.2. The molecular weight excluding hydrogens is 276 g/mol. The molecule has 0 radical (unpaired) electrons. The molecule has 1 heterocycles. The molecule has 2 saturated carbocycles. The maximum atomic E-state index is 12.9. The van der Waals surface area contributed by atoms with Crippen molar-refractivity contribution in [3.05, 3.63) is 12.2 Å². The van der Waals surface area contributed by atoms with Crippen LogP contribution in [0.4, 0.5) is 0 Å². The summed E-state index contributed by atoms with van der Waals surface area (Å²) in [6.45, 7) is 1.76. The second-order valence-electron chi connectivity index (χ2n) is 7.52. The summed E-state index contributed by atoms with van der Waals surface area (Å²) in [5.74, 6) is 0.723. The van der Waals surface area contributed by atoms with Crippen molar-refractivity contribution in [2.75, 3.05) is 13.1 Å². The molecule has 0 aromatic heterocycles. The first-order valence-corrected chi connectivity index (χ1v) is 9.01. The van der Waals surface area contributed by atoms with E-state index in [-0.39, 0.29) is 35.5 Å². The largest absolute Gasteiger partial charge is 0.353 e. The van der Waals surface area contributed by atoms with Crippen LogP contribution in [0.1, 0.15) is 44.9 Å². The number of likely N-dealkylation sites (tertiary alicyclic amines) is 1. The number of carbonyl (C=O) groups excluding carboxylic acids is 2. The molecule has 4 aliphatic rings. The lowest BCUT2D eigenvalue weighted by atomic mass is 9.81. The van der Waals surface area contributed by atoms with Gasteiger partial charge in [-0.25, -0.2) is 0 Å². The van der Waals surface area contributed by atoms with Gasteiger partial charge in [-0.15, -0.1) is 0 Å². The number of rotatable bonds is 3. The van der Waals surface area contributed by atoms with Crippen molar-refractivity contribution in [1.82, 2.24) is 10.2 Å². The number of nitrogens with zero attached hydrogens (tertiary/aromatic N) is 1. The Morgan fingerprint density at radius 3 is 2.23 bits per heavy atom. The van der Waals surface area contributed by atoms with E-state index in [1.54, 1.807) is 0 Å². The highest BCUT2D eigenvalue weighted by atomic mass is 16.2. The number of fused-ring (bicyclic) bond motifs is 2. The van der Waals surface area contributed by atoms with Gasteiger partial charge in [0.05, 0.1) is 11.8 Å². The third-order valence-corrected chi connectivity index (χ3v) is 6.17. The van der Waals surface area contributed by atoms with E-state index in [4.69, 9.17) is 0 Å². The summed E-state index contributed by atoms with van der Waals surface area (Å²) >= 11 is 0. The van der Waals surface area contributed by atoms with Gasteiger partial charge < -0.3 is 10.2 Å². The average Bonchev–Trinajstić information content (AvgIpc) is 3.27. The molecule has 1 saturated heterocycles. The van der Waals surface area contributed by atoms with Gasteiger partial charge in [0.25, 0.3) is 0 Å². The van der Waals surface area contributed by atoms with Crippen molar-refractivity contribution in [2.24, 2.45) is 23.7 Å². The summed E-state index contributed by atoms with van der Waals surface area (Å²) < 4.78 is 0. The Kier molecular flexibility index (Phi) is 3.71. The highest BCUT2D eigenvalue weighted by Gasteiger charge is 2.52. The molecular formula is C18H26N2O2. The van der Waals surface area contributed by atoms with Gasteiger partial charge in [0.1, 0.15) is 0 Å². The summed E-state index contributed by atoms with van der Waals surface area (Å²) in [5.41, 5.74) is 0. The van der Waals surface area contributed by atoms with Gasteiger partial charge in [-0.1, -0.05) is 25.0 Å². The molecule has 2 bridgehead atoms. The Balaban J connectivity index is 1.49. The Bertz CT molecular complexity index is 489. The molecule has 4 nitrogen and oxygen atoms in total. The van der Waals surface area contributed by atoms with Crippen molar-refractivity contribution < 1.29 is 9.59 Å². The number of nitrogens with one attached hydrogen (secondary N) is 1. The van der Waals surface area contributed by atoms with Gasteiger partial charge in [-0.2, -0.15) is 0 Å². The lowest BCUT2D eigenvalue weighted by Crippen LogP contribution is -2.46. The second-order valence-corrected chi connectivity index (χ2v) is 7.52. The van der Waals surface area contributed by atoms with E-state index in [1.807, 2.05) is 4.90 Å². The van der Waals surface area contributed by atoms with Gasteiger partial charge in [0, 0.05) is 19.1 Å². The van der Waals surface area contributed by atoms with E-state index in [0.29, 0.717) is 6.04 Å². The van der Waals surface area contributed by atoms with Gasteiger partial charge in [-0.05, 0) is 43.9 Å². The molecule has 4 rings (SSSR count). The first-order valence-electron chi connectivity index (χ1n) is 9.01. The molecule has 2 amide bonds. The van der Waals surface area contributed by atoms with Crippen LogP contribution in [0.25, 0.3) is 0 Å². The van der Waals surface area contributed by atoms with Crippen LogP contribution in [0.3, 0.4) is 0 Å². The second kappa shape index (κ2) is 5.71. The first kappa shape index (κ1) is 14.3. The van der Waals surface area contributed by atoms with Crippen LogP contribution in [-0.2, 0) is 9.59 Å². The highest BCUT2D eigenvalue weighted by molar-refractivity contribution is 5.90. The Morgan fingerprint density at radius 1 is 0.909 bits per heavy atom. The van der Waals surface area contributed by atoms with Crippen molar-refractivity contribution >= 4 is 11.8 Å². The van der Waals surface area contributed by atoms with Gasteiger partial charge >= 0.3 is 0 Å². The Hall–Kier alpha value is -1.32. The van der Waals surface area contributed by atoms with E-state index in [9.17, 15) is 9.59 Å². The maximum Gasteiger partial charge on any atom is 0.227 e. The fourth-order valence-corrected chi connectivity index (χ4v) is 5.03. The minimum Gasteiger partial charge on any atom is -0.353 e. The Morgan fingerprint density at radius 2 is 1.55 bits per heavy atom. The molecule has 4 unspecified atom stereocenters. The molecule has 22 heavy (non-hydrogen) atoms. The molecule has 0 aromatic carbocycles. The number of hydrogen-bond donors (Lipinski definition) is 1. The van der Waals surface area contributed by atoms with Crippen LogP contribution in [0, 0.1) is 23.7 Å². The molecule has 0 spiro atoms. The summed E-state index contributed by atoms with van der Waals surface area (Å²) in [6, 6.07) is 0.346. The van der Waals surface area contributed by atoms with Crippen LogP contribution >= 0.6 is 0 Å². The normalized spacial score (nSPS) is 37.2. The summed E-state index contributed by atoms with van der Waals surface area (Å²) in [5, 5.41) is 3.24. The number of amides is 2. The topological polar surface area (TPSA) is 49.4 Å². The fourth-order valence-electron chi connectivity index (χ4n) is 5.03. The van der Waals surface area contributed by atoms with Gasteiger partial charge in [0.15, 0.2) is 0 Å². The van der Waals surface area contributed by atoms with E-state index < -0.39 is 0 Å². The number of hydrogen-bond acceptors (Lipinski definition) is 2. The van der Waals surface area contributed by atoms with Crippen LogP contribution in [0.15, 0.2) is 12.2 Å². The zero-order valence-corrected chi connectivity index (χ0v) is 13.2. The average molecular weight is 302 g/mol. The minimum atomic E-state index is -0.122. The third kappa shape index (κ3) is 2.37. The fraction of sp³-hybridized carbons (Fsp3) is 0.778. The predicted molar refractivity (Wildman–Crippen MR) is 83.9 cm³/mol. The minimum absolute atomic E-state index is 0.102. The van der Waals surface area contributed by atoms with Crippen LogP contribution in [0.5, 0.6) is 0 Å². The zero-order valence-electron chi connectivity index (χ0n) is 13.2. The van der Waals surface area contributed by atoms with E-state index in [2.05, 4.69) is 17.5 Å². The van der Waals surface area contributed by atoms with Crippen molar-refractivity contribution in [3.8, 4) is 0 Å². The number of carbonyl (C=O) groups is 2. The maximum absolute atomic E-state index is 12.9. The summed E-state index contributed by atoms with van der Waals surface area (Å²) in [7, 11) is 0. The SMILES string of the molecule is O=C(NC1CCCC1)C1C2C=CC(C2)C1C(=O)N1CCCC1. The van der Waals surface area contributed by atoms with Gasteiger partial charge in [0.2, 0.25) is 11.8 Å². The highest BCUT2D eigenvalue weighted by Crippen LogP contribution is 2.49. The van der Waals surface area contributed by atoms with Crippen molar-refractivity contribution in [1.29, 1.82) is 0 Å². The smallest absolute Gasteiger partial charge is 0.227 e. The Labute approximate surface area is 132 Å². The predicted octanol–water partition coefficient (Wildman–Crippen LogP) is 2.11. The van der Waals surface area contributed by atoms with Crippen molar-refractivity contribution in [3.63, 3.8) is 0 Å². The monoisotopic (exact) mass is 302 g/mol. The van der Waals surface area contributed by atoms with E-state index in [1.165, 1.54) is 12.8 Å². The zero-order chi connectivity index (χ0) is 15.1.